The van der Waals surface area contributed by atoms with Crippen molar-refractivity contribution in [3.8, 4) is 0 Å². The van der Waals surface area contributed by atoms with Gasteiger partial charge in [0.15, 0.2) is 0 Å². The number of rotatable bonds is 2. The number of halogens is 1. The van der Waals surface area contributed by atoms with Gasteiger partial charge in [0.25, 0.3) is 0 Å². The Hall–Kier alpha value is -1.09. The second-order valence-corrected chi connectivity index (χ2v) is 5.71. The van der Waals surface area contributed by atoms with E-state index in [1.54, 1.807) is 6.07 Å². The number of aryl methyl sites for hydroxylation is 1. The molecule has 1 aromatic rings. The number of hydrogen-bond acceptors (Lipinski definition) is 2. The SMILES string of the molecule is Cc1cc(N2CC(C)NCC2C(C)C)ccc1F. The molecule has 2 atom stereocenters. The largest absolute Gasteiger partial charge is 0.365 e. The highest BCUT2D eigenvalue weighted by Crippen LogP contribution is 2.25. The summed E-state index contributed by atoms with van der Waals surface area (Å²) in [6.45, 7) is 10.5. The van der Waals surface area contributed by atoms with Crippen LogP contribution in [0.4, 0.5) is 10.1 Å². The van der Waals surface area contributed by atoms with Gasteiger partial charge in [-0.05, 0) is 43.5 Å². The second-order valence-electron chi connectivity index (χ2n) is 5.71. The molecule has 1 heterocycles. The standard InChI is InChI=1S/C15H23FN2/c1-10(2)15-8-17-12(4)9-18(15)13-5-6-14(16)11(3)7-13/h5-7,10,12,15,17H,8-9H2,1-4H3. The van der Waals surface area contributed by atoms with E-state index < -0.39 is 0 Å². The van der Waals surface area contributed by atoms with Crippen LogP contribution in [0.2, 0.25) is 0 Å². The van der Waals surface area contributed by atoms with E-state index in [-0.39, 0.29) is 5.82 Å². The first-order valence-electron chi connectivity index (χ1n) is 6.75. The third-order valence-corrected chi connectivity index (χ3v) is 3.79. The van der Waals surface area contributed by atoms with E-state index >= 15 is 0 Å². The van der Waals surface area contributed by atoms with E-state index in [1.807, 2.05) is 19.1 Å². The first-order valence-corrected chi connectivity index (χ1v) is 6.75. The summed E-state index contributed by atoms with van der Waals surface area (Å²) in [6.07, 6.45) is 0. The van der Waals surface area contributed by atoms with Gasteiger partial charge in [-0.3, -0.25) is 0 Å². The molecule has 1 aromatic carbocycles. The second kappa shape index (κ2) is 5.27. The van der Waals surface area contributed by atoms with Crippen molar-refractivity contribution < 1.29 is 4.39 Å². The Morgan fingerprint density at radius 1 is 1.39 bits per heavy atom. The topological polar surface area (TPSA) is 15.3 Å². The lowest BCUT2D eigenvalue weighted by Gasteiger charge is -2.43. The zero-order valence-electron chi connectivity index (χ0n) is 11.7. The van der Waals surface area contributed by atoms with Gasteiger partial charge in [-0.25, -0.2) is 4.39 Å². The van der Waals surface area contributed by atoms with E-state index in [9.17, 15) is 4.39 Å². The van der Waals surface area contributed by atoms with E-state index in [0.717, 1.165) is 24.3 Å². The van der Waals surface area contributed by atoms with Crippen LogP contribution in [0.1, 0.15) is 26.3 Å². The van der Waals surface area contributed by atoms with Crippen LogP contribution in [0, 0.1) is 18.7 Å². The molecule has 0 amide bonds. The average molecular weight is 250 g/mol. The molecule has 2 rings (SSSR count). The highest BCUT2D eigenvalue weighted by molar-refractivity contribution is 5.50. The van der Waals surface area contributed by atoms with E-state index in [1.165, 1.54) is 0 Å². The lowest BCUT2D eigenvalue weighted by molar-refractivity contribution is 0.349. The lowest BCUT2D eigenvalue weighted by atomic mass is 9.97. The molecule has 0 saturated carbocycles. The third kappa shape index (κ3) is 2.66. The van der Waals surface area contributed by atoms with Gasteiger partial charge in [0.05, 0.1) is 0 Å². The van der Waals surface area contributed by atoms with Crippen molar-refractivity contribution in [1.82, 2.24) is 5.32 Å². The zero-order chi connectivity index (χ0) is 13.3. The van der Waals surface area contributed by atoms with Crippen LogP contribution in [0.3, 0.4) is 0 Å². The smallest absolute Gasteiger partial charge is 0.126 e. The number of piperazine rings is 1. The lowest BCUT2D eigenvalue weighted by Crippen LogP contribution is -2.57. The minimum atomic E-state index is -0.122. The fraction of sp³-hybridized carbons (Fsp3) is 0.600. The Balaban J connectivity index is 2.29. The molecular formula is C15H23FN2. The maximum absolute atomic E-state index is 13.4. The average Bonchev–Trinajstić information content (AvgIpc) is 2.32. The number of nitrogens with one attached hydrogen (secondary N) is 1. The van der Waals surface area contributed by atoms with Gasteiger partial charge in [0.2, 0.25) is 0 Å². The molecule has 1 aliphatic rings. The van der Waals surface area contributed by atoms with Crippen LogP contribution in [0.25, 0.3) is 0 Å². The van der Waals surface area contributed by atoms with Crippen molar-refractivity contribution in [3.05, 3.63) is 29.6 Å². The molecule has 1 fully saturated rings. The first kappa shape index (κ1) is 13.3. The minimum Gasteiger partial charge on any atom is -0.365 e. The Bertz CT molecular complexity index is 417. The molecule has 1 N–H and O–H groups in total. The van der Waals surface area contributed by atoms with Crippen molar-refractivity contribution in [3.63, 3.8) is 0 Å². The van der Waals surface area contributed by atoms with E-state index in [0.29, 0.717) is 18.0 Å². The minimum absolute atomic E-state index is 0.122. The van der Waals surface area contributed by atoms with Crippen LogP contribution in [-0.4, -0.2) is 25.2 Å². The first-order chi connectivity index (χ1) is 8.49. The maximum atomic E-state index is 13.4. The summed E-state index contributed by atoms with van der Waals surface area (Å²) in [5.74, 6) is 0.457. The highest BCUT2D eigenvalue weighted by Gasteiger charge is 2.28. The summed E-state index contributed by atoms with van der Waals surface area (Å²) < 4.78 is 13.4. The summed E-state index contributed by atoms with van der Waals surface area (Å²) in [4.78, 5) is 2.41. The van der Waals surface area contributed by atoms with Crippen molar-refractivity contribution in [2.75, 3.05) is 18.0 Å². The molecular weight excluding hydrogens is 227 g/mol. The number of benzene rings is 1. The molecule has 100 valence electrons. The van der Waals surface area contributed by atoms with E-state index in [2.05, 4.69) is 31.0 Å². The molecule has 0 aromatic heterocycles. The van der Waals surface area contributed by atoms with Gasteiger partial charge in [-0.15, -0.1) is 0 Å². The molecule has 0 bridgehead atoms. The van der Waals surface area contributed by atoms with Gasteiger partial charge in [0.1, 0.15) is 5.82 Å². The Morgan fingerprint density at radius 2 is 2.11 bits per heavy atom. The van der Waals surface area contributed by atoms with Gasteiger partial charge >= 0.3 is 0 Å². The molecule has 3 heteroatoms. The maximum Gasteiger partial charge on any atom is 0.126 e. The van der Waals surface area contributed by atoms with Gasteiger partial charge < -0.3 is 10.2 Å². The number of anilines is 1. The Labute approximate surface area is 109 Å². The molecule has 2 unspecified atom stereocenters. The van der Waals surface area contributed by atoms with Crippen LogP contribution in [-0.2, 0) is 0 Å². The molecule has 0 radical (unpaired) electrons. The van der Waals surface area contributed by atoms with Gasteiger partial charge in [0, 0.05) is 30.9 Å². The Kier molecular flexibility index (Phi) is 3.91. The summed E-state index contributed by atoms with van der Waals surface area (Å²) in [6, 6.07) is 6.39. The monoisotopic (exact) mass is 250 g/mol. The number of nitrogens with zero attached hydrogens (tertiary/aromatic N) is 1. The van der Waals surface area contributed by atoms with Gasteiger partial charge in [-0.1, -0.05) is 13.8 Å². The van der Waals surface area contributed by atoms with Crippen molar-refractivity contribution in [1.29, 1.82) is 0 Å². The molecule has 2 nitrogen and oxygen atoms in total. The van der Waals surface area contributed by atoms with Gasteiger partial charge in [-0.2, -0.15) is 0 Å². The predicted molar refractivity (Wildman–Crippen MR) is 74.6 cm³/mol. The molecule has 0 aliphatic carbocycles. The van der Waals surface area contributed by atoms with Crippen molar-refractivity contribution >= 4 is 5.69 Å². The molecule has 18 heavy (non-hydrogen) atoms. The molecule has 1 saturated heterocycles. The van der Waals surface area contributed by atoms with E-state index in [4.69, 9.17) is 0 Å². The third-order valence-electron chi connectivity index (χ3n) is 3.79. The van der Waals surface area contributed by atoms with Crippen LogP contribution in [0.5, 0.6) is 0 Å². The molecule has 0 spiro atoms. The van der Waals surface area contributed by atoms with Crippen LogP contribution in [0.15, 0.2) is 18.2 Å². The Morgan fingerprint density at radius 3 is 2.72 bits per heavy atom. The fourth-order valence-electron chi connectivity index (χ4n) is 2.63. The summed E-state index contributed by atoms with van der Waals surface area (Å²) in [5, 5.41) is 3.52. The van der Waals surface area contributed by atoms with Crippen molar-refractivity contribution in [2.24, 2.45) is 5.92 Å². The van der Waals surface area contributed by atoms with Crippen LogP contribution < -0.4 is 10.2 Å². The highest BCUT2D eigenvalue weighted by atomic mass is 19.1. The number of hydrogen-bond donors (Lipinski definition) is 1. The quantitative estimate of drug-likeness (QED) is 0.868. The summed E-state index contributed by atoms with van der Waals surface area (Å²) >= 11 is 0. The summed E-state index contributed by atoms with van der Waals surface area (Å²) in [7, 11) is 0. The normalized spacial score (nSPS) is 24.7. The summed E-state index contributed by atoms with van der Waals surface area (Å²) in [5.41, 5.74) is 1.86. The zero-order valence-corrected chi connectivity index (χ0v) is 11.7. The van der Waals surface area contributed by atoms with Crippen molar-refractivity contribution in [2.45, 2.75) is 39.8 Å². The van der Waals surface area contributed by atoms with Crippen LogP contribution >= 0.6 is 0 Å². The fourth-order valence-corrected chi connectivity index (χ4v) is 2.63. The predicted octanol–water partition coefficient (Wildman–Crippen LogP) is 2.96. The molecule has 1 aliphatic heterocycles.